The SMILES string of the molecule is CCC(=O)[C@@H](C)C(=O)OC(c1ccccc1)c1ccccc1. The van der Waals surface area contributed by atoms with E-state index in [9.17, 15) is 9.59 Å². The maximum atomic E-state index is 12.3. The molecule has 0 fully saturated rings. The summed E-state index contributed by atoms with van der Waals surface area (Å²) in [5.74, 6) is -1.32. The van der Waals surface area contributed by atoms with Gasteiger partial charge in [0, 0.05) is 6.42 Å². The molecular formula is C19H20O3. The number of hydrogen-bond acceptors (Lipinski definition) is 3. The van der Waals surface area contributed by atoms with E-state index in [0.29, 0.717) is 6.42 Å². The zero-order valence-electron chi connectivity index (χ0n) is 12.9. The van der Waals surface area contributed by atoms with Crippen LogP contribution >= 0.6 is 0 Å². The molecule has 3 nitrogen and oxygen atoms in total. The van der Waals surface area contributed by atoms with E-state index in [1.807, 2.05) is 60.7 Å². The molecular weight excluding hydrogens is 276 g/mol. The lowest BCUT2D eigenvalue weighted by molar-refractivity contribution is -0.154. The molecule has 0 saturated heterocycles. The molecule has 2 aromatic rings. The Morgan fingerprint density at radius 2 is 1.36 bits per heavy atom. The highest BCUT2D eigenvalue weighted by atomic mass is 16.5. The van der Waals surface area contributed by atoms with Crippen molar-refractivity contribution < 1.29 is 14.3 Å². The summed E-state index contributed by atoms with van der Waals surface area (Å²) in [5, 5.41) is 0. The van der Waals surface area contributed by atoms with Gasteiger partial charge in [-0.1, -0.05) is 67.6 Å². The van der Waals surface area contributed by atoms with Crippen molar-refractivity contribution in [3.63, 3.8) is 0 Å². The van der Waals surface area contributed by atoms with E-state index in [0.717, 1.165) is 11.1 Å². The third-order valence-electron chi connectivity index (χ3n) is 3.62. The summed E-state index contributed by atoms with van der Waals surface area (Å²) < 4.78 is 5.65. The number of hydrogen-bond donors (Lipinski definition) is 0. The molecule has 22 heavy (non-hydrogen) atoms. The van der Waals surface area contributed by atoms with Crippen molar-refractivity contribution in [2.24, 2.45) is 5.92 Å². The second-order valence-electron chi connectivity index (χ2n) is 5.18. The minimum atomic E-state index is -0.736. The van der Waals surface area contributed by atoms with E-state index in [4.69, 9.17) is 4.74 Å². The van der Waals surface area contributed by atoms with Gasteiger partial charge in [-0.05, 0) is 18.1 Å². The van der Waals surface area contributed by atoms with Crippen LogP contribution in [0.4, 0.5) is 0 Å². The molecule has 0 spiro atoms. The van der Waals surface area contributed by atoms with Crippen LogP contribution in [-0.4, -0.2) is 11.8 Å². The molecule has 0 aliphatic carbocycles. The van der Waals surface area contributed by atoms with Crippen LogP contribution in [-0.2, 0) is 14.3 Å². The van der Waals surface area contributed by atoms with Crippen LogP contribution in [0.5, 0.6) is 0 Å². The summed E-state index contributed by atoms with van der Waals surface area (Å²) in [6, 6.07) is 19.1. The first-order valence-corrected chi connectivity index (χ1v) is 7.46. The van der Waals surface area contributed by atoms with Gasteiger partial charge in [0.1, 0.15) is 11.7 Å². The Bertz CT molecular complexity index is 580. The standard InChI is InChI=1S/C19H20O3/c1-3-17(20)14(2)19(21)22-18(15-10-6-4-7-11-15)16-12-8-5-9-13-16/h4-14,18H,3H2,1-2H3/t14-/m1/s1. The van der Waals surface area contributed by atoms with Crippen LogP contribution < -0.4 is 0 Å². The largest absolute Gasteiger partial charge is 0.452 e. The molecule has 2 rings (SSSR count). The monoisotopic (exact) mass is 296 g/mol. The number of benzene rings is 2. The second-order valence-corrected chi connectivity index (χ2v) is 5.18. The maximum absolute atomic E-state index is 12.3. The lowest BCUT2D eigenvalue weighted by atomic mass is 10.0. The molecule has 0 unspecified atom stereocenters. The number of rotatable bonds is 6. The van der Waals surface area contributed by atoms with Crippen LogP contribution in [0.3, 0.4) is 0 Å². The summed E-state index contributed by atoms with van der Waals surface area (Å²) in [6.07, 6.45) is -0.167. The topological polar surface area (TPSA) is 43.4 Å². The summed E-state index contributed by atoms with van der Waals surface area (Å²) in [7, 11) is 0. The minimum Gasteiger partial charge on any atom is -0.452 e. The van der Waals surface area contributed by atoms with Gasteiger partial charge in [0.15, 0.2) is 6.10 Å². The summed E-state index contributed by atoms with van der Waals surface area (Å²) in [6.45, 7) is 3.35. The van der Waals surface area contributed by atoms with Crippen LogP contribution in [0.2, 0.25) is 0 Å². The molecule has 0 aliphatic heterocycles. The zero-order valence-corrected chi connectivity index (χ0v) is 12.9. The number of ketones is 1. The van der Waals surface area contributed by atoms with Gasteiger partial charge in [-0.25, -0.2) is 0 Å². The average Bonchev–Trinajstić information content (AvgIpc) is 2.59. The average molecular weight is 296 g/mol. The molecule has 0 radical (unpaired) electrons. The predicted molar refractivity (Wildman–Crippen MR) is 85.3 cm³/mol. The van der Waals surface area contributed by atoms with E-state index in [-0.39, 0.29) is 5.78 Å². The lowest BCUT2D eigenvalue weighted by Crippen LogP contribution is -2.25. The van der Waals surface area contributed by atoms with Gasteiger partial charge in [-0.3, -0.25) is 9.59 Å². The molecule has 2 aromatic carbocycles. The Morgan fingerprint density at radius 1 is 0.909 bits per heavy atom. The predicted octanol–water partition coefficient (Wildman–Crippen LogP) is 3.93. The molecule has 3 heteroatoms. The quantitative estimate of drug-likeness (QED) is 0.599. The van der Waals surface area contributed by atoms with Gasteiger partial charge in [-0.2, -0.15) is 0 Å². The first-order valence-electron chi connectivity index (χ1n) is 7.46. The lowest BCUT2D eigenvalue weighted by Gasteiger charge is -2.20. The smallest absolute Gasteiger partial charge is 0.317 e. The third kappa shape index (κ3) is 3.82. The van der Waals surface area contributed by atoms with Crippen molar-refractivity contribution in [1.29, 1.82) is 0 Å². The van der Waals surface area contributed by atoms with E-state index >= 15 is 0 Å². The summed E-state index contributed by atoms with van der Waals surface area (Å²) in [5.41, 5.74) is 1.77. The highest BCUT2D eigenvalue weighted by molar-refractivity contribution is 5.98. The Kier molecular flexibility index (Phi) is 5.48. The Morgan fingerprint density at radius 3 is 1.77 bits per heavy atom. The normalized spacial score (nSPS) is 12.0. The van der Waals surface area contributed by atoms with Crippen molar-refractivity contribution in [2.75, 3.05) is 0 Å². The van der Waals surface area contributed by atoms with E-state index in [1.165, 1.54) is 0 Å². The van der Waals surface area contributed by atoms with Gasteiger partial charge < -0.3 is 4.74 Å². The molecule has 0 aromatic heterocycles. The number of carbonyl (C=O) groups is 2. The van der Waals surface area contributed by atoms with Crippen molar-refractivity contribution in [1.82, 2.24) is 0 Å². The maximum Gasteiger partial charge on any atom is 0.317 e. The van der Waals surface area contributed by atoms with Gasteiger partial charge >= 0.3 is 5.97 Å². The number of esters is 1. The summed E-state index contributed by atoms with van der Waals surface area (Å²) in [4.78, 5) is 24.0. The molecule has 0 heterocycles. The van der Waals surface area contributed by atoms with Crippen molar-refractivity contribution in [3.05, 3.63) is 71.8 Å². The van der Waals surface area contributed by atoms with E-state index in [2.05, 4.69) is 0 Å². The Labute approximate surface area is 130 Å². The van der Waals surface area contributed by atoms with Gasteiger partial charge in [0.2, 0.25) is 0 Å². The summed E-state index contributed by atoms with van der Waals surface area (Å²) >= 11 is 0. The van der Waals surface area contributed by atoms with Crippen LogP contribution in [0.25, 0.3) is 0 Å². The first kappa shape index (κ1) is 16.0. The highest BCUT2D eigenvalue weighted by Gasteiger charge is 2.26. The fourth-order valence-corrected chi connectivity index (χ4v) is 2.24. The molecule has 0 aliphatic rings. The number of carbonyl (C=O) groups excluding carboxylic acids is 2. The number of ether oxygens (including phenoxy) is 1. The molecule has 114 valence electrons. The second kappa shape index (κ2) is 7.55. The van der Waals surface area contributed by atoms with Crippen molar-refractivity contribution in [2.45, 2.75) is 26.4 Å². The van der Waals surface area contributed by atoms with Crippen molar-refractivity contribution in [3.8, 4) is 0 Å². The third-order valence-corrected chi connectivity index (χ3v) is 3.62. The molecule has 1 atom stereocenters. The van der Waals surface area contributed by atoms with Gasteiger partial charge in [0.25, 0.3) is 0 Å². The number of Topliss-reactive ketones (excluding diaryl/α,β-unsaturated/α-hetero) is 1. The molecule has 0 N–H and O–H groups in total. The molecule has 0 saturated carbocycles. The Balaban J connectivity index is 2.27. The Hall–Kier alpha value is -2.42. The molecule has 0 amide bonds. The fraction of sp³-hybridized carbons (Fsp3) is 0.263. The first-order chi connectivity index (χ1) is 10.6. The van der Waals surface area contributed by atoms with Gasteiger partial charge in [0.05, 0.1) is 0 Å². The van der Waals surface area contributed by atoms with E-state index < -0.39 is 18.0 Å². The van der Waals surface area contributed by atoms with Crippen LogP contribution in [0.1, 0.15) is 37.5 Å². The van der Waals surface area contributed by atoms with E-state index in [1.54, 1.807) is 13.8 Å². The molecule has 0 bridgehead atoms. The fourth-order valence-electron chi connectivity index (χ4n) is 2.24. The minimum absolute atomic E-state index is 0.107. The van der Waals surface area contributed by atoms with Crippen molar-refractivity contribution >= 4 is 11.8 Å². The zero-order chi connectivity index (χ0) is 15.9. The van der Waals surface area contributed by atoms with Gasteiger partial charge in [-0.15, -0.1) is 0 Å². The van der Waals surface area contributed by atoms with Crippen LogP contribution in [0.15, 0.2) is 60.7 Å². The van der Waals surface area contributed by atoms with Crippen LogP contribution in [0, 0.1) is 5.92 Å². The highest BCUT2D eigenvalue weighted by Crippen LogP contribution is 2.27.